The lowest BCUT2D eigenvalue weighted by Gasteiger charge is -2.10. The summed E-state index contributed by atoms with van der Waals surface area (Å²) in [5.74, 6) is 0.818. The summed E-state index contributed by atoms with van der Waals surface area (Å²) < 4.78 is 11.7. The number of pyridine rings is 2. The largest absolute Gasteiger partial charge is 0.506 e. The number of oxazole rings is 1. The van der Waals surface area contributed by atoms with Gasteiger partial charge in [0.15, 0.2) is 5.58 Å². The van der Waals surface area contributed by atoms with E-state index in [1.165, 1.54) is 11.8 Å². The van der Waals surface area contributed by atoms with Gasteiger partial charge >= 0.3 is 0 Å². The third-order valence-electron chi connectivity index (χ3n) is 4.50. The lowest BCUT2D eigenvalue weighted by atomic mass is 10.2. The normalized spacial score (nSPS) is 13.1. The van der Waals surface area contributed by atoms with E-state index in [4.69, 9.17) is 9.15 Å². The molecule has 1 aliphatic heterocycles. The highest BCUT2D eigenvalue weighted by Crippen LogP contribution is 2.30. The second kappa shape index (κ2) is 6.28. The zero-order valence-electron chi connectivity index (χ0n) is 14.4. The van der Waals surface area contributed by atoms with E-state index in [1.54, 1.807) is 18.3 Å². The third kappa shape index (κ3) is 3.03. The van der Waals surface area contributed by atoms with Crippen LogP contribution in [0, 0.1) is 0 Å². The van der Waals surface area contributed by atoms with Crippen molar-refractivity contribution < 1.29 is 14.3 Å². The average Bonchev–Trinajstić information content (AvgIpc) is 3.31. The molecule has 0 fully saturated rings. The first-order valence-corrected chi connectivity index (χ1v) is 8.59. The van der Waals surface area contributed by atoms with Crippen LogP contribution in [-0.2, 0) is 19.7 Å². The van der Waals surface area contributed by atoms with Crippen LogP contribution in [0.15, 0.2) is 59.3 Å². The molecule has 4 aromatic rings. The molecule has 0 saturated carbocycles. The molecule has 0 radical (unpaired) electrons. The summed E-state index contributed by atoms with van der Waals surface area (Å²) >= 11 is 0. The molecule has 3 aromatic heterocycles. The Morgan fingerprint density at radius 3 is 2.93 bits per heavy atom. The van der Waals surface area contributed by atoms with Crippen LogP contribution < -0.4 is 9.64 Å². The molecule has 27 heavy (non-hydrogen) atoms. The fourth-order valence-electron chi connectivity index (χ4n) is 3.11. The van der Waals surface area contributed by atoms with E-state index >= 15 is 0 Å². The number of nitrogens with zero attached hydrogens (tertiary/aromatic N) is 4. The number of aromatic hydroxyl groups is 1. The van der Waals surface area contributed by atoms with Gasteiger partial charge in [-0.1, -0.05) is 6.07 Å². The Morgan fingerprint density at radius 1 is 1.11 bits per heavy atom. The van der Waals surface area contributed by atoms with Gasteiger partial charge in [-0.2, -0.15) is 4.98 Å². The van der Waals surface area contributed by atoms with Gasteiger partial charge in [0.05, 0.1) is 24.1 Å². The van der Waals surface area contributed by atoms with Crippen LogP contribution in [0.2, 0.25) is 0 Å². The summed E-state index contributed by atoms with van der Waals surface area (Å²) in [5, 5.41) is 9.28. The van der Waals surface area contributed by atoms with Crippen LogP contribution in [0.5, 0.6) is 11.5 Å². The van der Waals surface area contributed by atoms with Gasteiger partial charge < -0.3 is 19.2 Å². The van der Waals surface area contributed by atoms with E-state index in [2.05, 4.69) is 25.9 Å². The van der Waals surface area contributed by atoms with Gasteiger partial charge in [-0.25, -0.2) is 0 Å². The molecule has 0 aliphatic carbocycles. The van der Waals surface area contributed by atoms with Gasteiger partial charge in [-0.15, -0.1) is 0 Å². The predicted octanol–water partition coefficient (Wildman–Crippen LogP) is 3.42. The summed E-state index contributed by atoms with van der Waals surface area (Å²) in [5.41, 5.74) is 4.44. The third-order valence-corrected chi connectivity index (χ3v) is 4.50. The maximum atomic E-state index is 9.28. The van der Waals surface area contributed by atoms with Crippen molar-refractivity contribution in [1.82, 2.24) is 15.0 Å². The van der Waals surface area contributed by atoms with Crippen molar-refractivity contribution in [3.63, 3.8) is 0 Å². The summed E-state index contributed by atoms with van der Waals surface area (Å²) in [6.45, 7) is 1.74. The number of aromatic nitrogens is 3. The lowest BCUT2D eigenvalue weighted by Crippen LogP contribution is -2.14. The van der Waals surface area contributed by atoms with Crippen LogP contribution in [0.1, 0.15) is 17.0 Å². The van der Waals surface area contributed by atoms with E-state index in [9.17, 15) is 5.11 Å². The molecule has 5 rings (SSSR count). The fourth-order valence-corrected chi connectivity index (χ4v) is 3.11. The SMILES string of the molecule is Oc1ccc(COc2ccc3oc(N4Cc5cccnc5C4)nc3c2)nc1. The highest BCUT2D eigenvalue weighted by Gasteiger charge is 2.23. The van der Waals surface area contributed by atoms with E-state index < -0.39 is 0 Å². The summed E-state index contributed by atoms with van der Waals surface area (Å²) in [4.78, 5) is 15.2. The molecule has 0 saturated heterocycles. The first kappa shape index (κ1) is 15.6. The smallest absolute Gasteiger partial charge is 0.299 e. The molecule has 1 aromatic carbocycles. The molecule has 4 heterocycles. The van der Waals surface area contributed by atoms with E-state index in [-0.39, 0.29) is 5.75 Å². The Bertz CT molecular complexity index is 1080. The second-order valence-corrected chi connectivity index (χ2v) is 6.39. The maximum absolute atomic E-state index is 9.28. The first-order chi connectivity index (χ1) is 13.2. The standard InChI is InChI=1S/C20H16N4O3/c25-15-4-3-14(22-9-15)12-26-16-5-6-19-17(8-16)23-20(27-19)24-10-13-2-1-7-21-18(13)11-24/h1-9,25H,10-12H2. The first-order valence-electron chi connectivity index (χ1n) is 8.59. The van der Waals surface area contributed by atoms with Gasteiger partial charge in [0.1, 0.15) is 23.6 Å². The number of hydrogen-bond acceptors (Lipinski definition) is 7. The number of benzene rings is 1. The van der Waals surface area contributed by atoms with Crippen molar-refractivity contribution in [3.8, 4) is 11.5 Å². The van der Waals surface area contributed by atoms with Crippen molar-refractivity contribution in [2.75, 3.05) is 4.90 Å². The van der Waals surface area contributed by atoms with Crippen molar-refractivity contribution in [2.24, 2.45) is 0 Å². The Kier molecular flexibility index (Phi) is 3.64. The van der Waals surface area contributed by atoms with Crippen LogP contribution >= 0.6 is 0 Å². The Hall–Kier alpha value is -3.61. The molecule has 0 unspecified atom stereocenters. The number of rotatable bonds is 4. The summed E-state index contributed by atoms with van der Waals surface area (Å²) in [6, 6.07) is 13.5. The van der Waals surface area contributed by atoms with Crippen LogP contribution in [0.3, 0.4) is 0 Å². The minimum Gasteiger partial charge on any atom is -0.506 e. The Morgan fingerprint density at radius 2 is 2.07 bits per heavy atom. The van der Waals surface area contributed by atoms with Crippen LogP contribution in [0.4, 0.5) is 6.01 Å². The lowest BCUT2D eigenvalue weighted by molar-refractivity contribution is 0.301. The van der Waals surface area contributed by atoms with E-state index in [1.807, 2.05) is 24.3 Å². The monoisotopic (exact) mass is 360 g/mol. The van der Waals surface area contributed by atoms with Gasteiger partial charge in [0.25, 0.3) is 6.01 Å². The average molecular weight is 360 g/mol. The zero-order valence-corrected chi connectivity index (χ0v) is 14.4. The molecule has 7 nitrogen and oxygen atoms in total. The fraction of sp³-hybridized carbons (Fsp3) is 0.150. The molecule has 0 atom stereocenters. The van der Waals surface area contributed by atoms with Crippen molar-refractivity contribution in [1.29, 1.82) is 0 Å². The van der Waals surface area contributed by atoms with Gasteiger partial charge in [0, 0.05) is 18.8 Å². The van der Waals surface area contributed by atoms with Gasteiger partial charge in [0.2, 0.25) is 0 Å². The predicted molar refractivity (Wildman–Crippen MR) is 98.4 cm³/mol. The molecular formula is C20H16N4O3. The number of anilines is 1. The molecule has 1 aliphatic rings. The van der Waals surface area contributed by atoms with Gasteiger partial charge in [-0.3, -0.25) is 9.97 Å². The molecule has 7 heteroatoms. The molecule has 1 N–H and O–H groups in total. The van der Waals surface area contributed by atoms with E-state index in [0.717, 1.165) is 23.4 Å². The van der Waals surface area contributed by atoms with Crippen molar-refractivity contribution >= 4 is 17.1 Å². The Balaban J connectivity index is 1.33. The number of ether oxygens (including phenoxy) is 1. The minimum atomic E-state index is 0.134. The number of hydrogen-bond donors (Lipinski definition) is 1. The highest BCUT2D eigenvalue weighted by molar-refractivity contribution is 5.76. The second-order valence-electron chi connectivity index (χ2n) is 6.39. The Labute approximate surface area is 154 Å². The number of fused-ring (bicyclic) bond motifs is 2. The van der Waals surface area contributed by atoms with Gasteiger partial charge in [-0.05, 0) is 35.9 Å². The van der Waals surface area contributed by atoms with E-state index in [0.29, 0.717) is 30.5 Å². The topological polar surface area (TPSA) is 84.5 Å². The maximum Gasteiger partial charge on any atom is 0.299 e. The van der Waals surface area contributed by atoms with Crippen molar-refractivity contribution in [3.05, 3.63) is 71.8 Å². The van der Waals surface area contributed by atoms with Crippen molar-refractivity contribution in [2.45, 2.75) is 19.7 Å². The molecule has 134 valence electrons. The quantitative estimate of drug-likeness (QED) is 0.597. The highest BCUT2D eigenvalue weighted by atomic mass is 16.5. The molecule has 0 amide bonds. The van der Waals surface area contributed by atoms with Crippen LogP contribution in [-0.4, -0.2) is 20.1 Å². The molecule has 0 bridgehead atoms. The molecular weight excluding hydrogens is 344 g/mol. The zero-order chi connectivity index (χ0) is 18.2. The minimum absolute atomic E-state index is 0.134. The summed E-state index contributed by atoms with van der Waals surface area (Å²) in [7, 11) is 0. The molecule has 0 spiro atoms. The van der Waals surface area contributed by atoms with Crippen LogP contribution in [0.25, 0.3) is 11.1 Å². The summed E-state index contributed by atoms with van der Waals surface area (Å²) in [6.07, 6.45) is 3.20.